The first-order chi connectivity index (χ1) is 15.9. The number of aromatic nitrogens is 3. The van der Waals surface area contributed by atoms with E-state index in [1.807, 2.05) is 0 Å². The topological polar surface area (TPSA) is 105 Å². The summed E-state index contributed by atoms with van der Waals surface area (Å²) in [6.45, 7) is 4.42. The van der Waals surface area contributed by atoms with E-state index in [-0.39, 0.29) is 23.8 Å². The maximum absolute atomic E-state index is 13.1. The Hall–Kier alpha value is -2.75. The predicted molar refractivity (Wildman–Crippen MR) is 122 cm³/mol. The summed E-state index contributed by atoms with van der Waals surface area (Å²) in [6, 6.07) is 5.06. The van der Waals surface area contributed by atoms with Gasteiger partial charge in [-0.1, -0.05) is 35.3 Å². The molecule has 3 rings (SSSR count). The molecule has 0 amide bonds. The van der Waals surface area contributed by atoms with Crippen LogP contribution in [0.2, 0.25) is 10.0 Å². The lowest BCUT2D eigenvalue weighted by atomic mass is 9.75. The lowest BCUT2D eigenvalue weighted by Crippen LogP contribution is -2.37. The van der Waals surface area contributed by atoms with E-state index in [0.717, 1.165) is 0 Å². The molecule has 9 nitrogen and oxygen atoms in total. The Morgan fingerprint density at radius 3 is 2.58 bits per heavy atom. The van der Waals surface area contributed by atoms with E-state index in [1.54, 1.807) is 49.3 Å². The number of nitrogens with zero attached hydrogens (tertiary/aromatic N) is 4. The quantitative estimate of drug-likeness (QED) is 0.388. The number of benzene rings is 1. The normalized spacial score (nSPS) is 18.2. The summed E-state index contributed by atoms with van der Waals surface area (Å²) in [5.41, 5.74) is 1.51. The fourth-order valence-corrected chi connectivity index (χ4v) is 4.12. The lowest BCUT2D eigenvalue weighted by Gasteiger charge is -2.32. The Morgan fingerprint density at radius 1 is 1.18 bits per heavy atom. The third-order valence-corrected chi connectivity index (χ3v) is 6.02. The van der Waals surface area contributed by atoms with Crippen LogP contribution in [0.3, 0.4) is 0 Å². The Labute approximate surface area is 201 Å². The van der Waals surface area contributed by atoms with Crippen molar-refractivity contribution < 1.29 is 23.8 Å². The molecule has 1 aliphatic heterocycles. The van der Waals surface area contributed by atoms with Crippen molar-refractivity contribution in [2.75, 3.05) is 26.9 Å². The largest absolute Gasteiger partial charge is 0.468 e. The van der Waals surface area contributed by atoms with E-state index >= 15 is 0 Å². The molecule has 0 saturated carbocycles. The van der Waals surface area contributed by atoms with Gasteiger partial charge in [0.05, 0.1) is 48.2 Å². The maximum Gasteiger partial charge on any atom is 0.336 e. The highest BCUT2D eigenvalue weighted by Gasteiger charge is 2.44. The van der Waals surface area contributed by atoms with Gasteiger partial charge in [0.25, 0.3) is 0 Å². The van der Waals surface area contributed by atoms with Crippen LogP contribution in [0, 0.1) is 5.92 Å². The van der Waals surface area contributed by atoms with E-state index < -0.39 is 23.8 Å². The van der Waals surface area contributed by atoms with E-state index in [9.17, 15) is 9.59 Å². The fourth-order valence-electron chi connectivity index (χ4n) is 3.70. The molecule has 11 heteroatoms. The van der Waals surface area contributed by atoms with Crippen LogP contribution in [-0.2, 0) is 30.3 Å². The number of halogens is 2. The standard InChI is InChI=1S/C22H24Cl2N4O5/c1-4-33-22(30)19-16(10-32-9-8-28-11-25-26-12-28)27-13(2)17(21(29)31-3)18(19)14-6-5-7-15(23)20(14)24/h5-7,11-12,17-18H,4,8-10H2,1-3H3. The van der Waals surface area contributed by atoms with Crippen LogP contribution in [0.15, 0.2) is 47.1 Å². The van der Waals surface area contributed by atoms with Crippen LogP contribution < -0.4 is 0 Å². The van der Waals surface area contributed by atoms with Crippen LogP contribution in [0.4, 0.5) is 0 Å². The molecule has 0 aliphatic carbocycles. The molecule has 1 aromatic heterocycles. The number of ether oxygens (including phenoxy) is 3. The molecule has 0 N–H and O–H groups in total. The SMILES string of the molecule is CCOC(=O)C1=C(COCCn2cnnc2)N=C(C)C(C(=O)OC)C1c1cccc(Cl)c1Cl. The average Bonchev–Trinajstić information content (AvgIpc) is 3.31. The fraction of sp³-hybridized carbons (Fsp3) is 0.409. The van der Waals surface area contributed by atoms with Crippen LogP contribution >= 0.6 is 23.2 Å². The number of carbonyl (C=O) groups is 2. The second-order valence-electron chi connectivity index (χ2n) is 7.21. The summed E-state index contributed by atoms with van der Waals surface area (Å²) < 4.78 is 17.9. The Bertz CT molecular complexity index is 1070. The summed E-state index contributed by atoms with van der Waals surface area (Å²) >= 11 is 12.8. The first kappa shape index (κ1) is 24.9. The van der Waals surface area contributed by atoms with E-state index in [1.165, 1.54) is 7.11 Å². The van der Waals surface area contributed by atoms with Crippen molar-refractivity contribution in [2.24, 2.45) is 10.9 Å². The molecule has 2 aromatic rings. The molecule has 33 heavy (non-hydrogen) atoms. The minimum atomic E-state index is -0.883. The minimum Gasteiger partial charge on any atom is -0.468 e. The molecule has 0 bridgehead atoms. The number of esters is 2. The van der Waals surface area contributed by atoms with Gasteiger partial charge in [0.2, 0.25) is 0 Å². The van der Waals surface area contributed by atoms with Crippen LogP contribution in [0.5, 0.6) is 0 Å². The summed E-state index contributed by atoms with van der Waals surface area (Å²) in [5, 5.41) is 8.03. The highest BCUT2D eigenvalue weighted by atomic mass is 35.5. The number of methoxy groups -OCH3 is 1. The van der Waals surface area contributed by atoms with Crippen molar-refractivity contribution in [3.8, 4) is 0 Å². The van der Waals surface area contributed by atoms with Gasteiger partial charge < -0.3 is 18.8 Å². The van der Waals surface area contributed by atoms with Gasteiger partial charge in [-0.3, -0.25) is 9.79 Å². The van der Waals surface area contributed by atoms with Crippen molar-refractivity contribution in [1.29, 1.82) is 0 Å². The zero-order valence-corrected chi connectivity index (χ0v) is 20.0. The molecule has 2 heterocycles. The third kappa shape index (κ3) is 5.61. The molecule has 176 valence electrons. The van der Waals surface area contributed by atoms with Crippen molar-refractivity contribution in [3.05, 3.63) is 57.7 Å². The Kier molecular flexibility index (Phi) is 8.60. The smallest absolute Gasteiger partial charge is 0.336 e. The van der Waals surface area contributed by atoms with Crippen molar-refractivity contribution in [3.63, 3.8) is 0 Å². The van der Waals surface area contributed by atoms with Gasteiger partial charge in [-0.2, -0.15) is 0 Å². The summed E-state index contributed by atoms with van der Waals surface area (Å²) in [6.07, 6.45) is 3.15. The minimum absolute atomic E-state index is 0.0240. The van der Waals surface area contributed by atoms with Crippen molar-refractivity contribution in [1.82, 2.24) is 14.8 Å². The summed E-state index contributed by atoms with van der Waals surface area (Å²) in [7, 11) is 1.28. The first-order valence-electron chi connectivity index (χ1n) is 10.3. The van der Waals surface area contributed by atoms with Gasteiger partial charge in [0, 0.05) is 18.2 Å². The van der Waals surface area contributed by atoms with Crippen LogP contribution in [-0.4, -0.2) is 59.3 Å². The molecule has 1 aromatic carbocycles. The van der Waals surface area contributed by atoms with Gasteiger partial charge in [0.1, 0.15) is 18.6 Å². The number of rotatable bonds is 9. The molecule has 2 atom stereocenters. The van der Waals surface area contributed by atoms with E-state index in [2.05, 4.69) is 15.2 Å². The molecule has 0 saturated heterocycles. The number of carbonyl (C=O) groups excluding carboxylic acids is 2. The second-order valence-corrected chi connectivity index (χ2v) is 7.99. The van der Waals surface area contributed by atoms with Gasteiger partial charge in [-0.25, -0.2) is 4.79 Å². The zero-order chi connectivity index (χ0) is 24.0. The number of aliphatic imine (C=N–C) groups is 1. The second kappa shape index (κ2) is 11.4. The van der Waals surface area contributed by atoms with Crippen LogP contribution in [0.25, 0.3) is 0 Å². The van der Waals surface area contributed by atoms with Crippen LogP contribution in [0.1, 0.15) is 25.3 Å². The number of hydrogen-bond acceptors (Lipinski definition) is 8. The van der Waals surface area contributed by atoms with E-state index in [4.69, 9.17) is 37.4 Å². The Morgan fingerprint density at radius 2 is 1.91 bits per heavy atom. The van der Waals surface area contributed by atoms with Gasteiger partial charge in [0.15, 0.2) is 0 Å². The monoisotopic (exact) mass is 494 g/mol. The highest BCUT2D eigenvalue weighted by Crippen LogP contribution is 2.44. The van der Waals surface area contributed by atoms with Gasteiger partial charge in [-0.05, 0) is 25.5 Å². The Balaban J connectivity index is 2.04. The summed E-state index contributed by atoms with van der Waals surface area (Å²) in [4.78, 5) is 30.4. The first-order valence-corrected chi connectivity index (χ1v) is 11.0. The molecular weight excluding hydrogens is 471 g/mol. The van der Waals surface area contributed by atoms with Gasteiger partial charge in [-0.15, -0.1) is 10.2 Å². The van der Waals surface area contributed by atoms with Crippen molar-refractivity contribution >= 4 is 40.9 Å². The molecule has 1 aliphatic rings. The highest BCUT2D eigenvalue weighted by molar-refractivity contribution is 6.42. The predicted octanol–water partition coefficient (Wildman–Crippen LogP) is 3.47. The molecule has 0 spiro atoms. The third-order valence-electron chi connectivity index (χ3n) is 5.18. The van der Waals surface area contributed by atoms with E-state index in [0.29, 0.717) is 35.1 Å². The van der Waals surface area contributed by atoms with Gasteiger partial charge >= 0.3 is 11.9 Å². The zero-order valence-electron chi connectivity index (χ0n) is 18.5. The van der Waals surface area contributed by atoms with Crippen molar-refractivity contribution in [2.45, 2.75) is 26.3 Å². The average molecular weight is 495 g/mol. The maximum atomic E-state index is 13.1. The molecule has 0 fully saturated rings. The summed E-state index contributed by atoms with van der Waals surface area (Å²) in [5.74, 6) is -2.85. The molecular formula is C22H24Cl2N4O5. The number of hydrogen-bond donors (Lipinski definition) is 0. The molecule has 0 radical (unpaired) electrons. The molecule has 2 unspecified atom stereocenters. The lowest BCUT2D eigenvalue weighted by molar-refractivity contribution is -0.144.